The zero-order valence-corrected chi connectivity index (χ0v) is 44.9. The average molecular weight is 943 g/mol. The van der Waals surface area contributed by atoms with E-state index in [1.165, 1.54) is 231 Å². The molecular weight excluding hydrogens is 827 g/mol. The minimum Gasteiger partial charge on any atom is -0.466 e. The lowest BCUT2D eigenvalue weighted by atomic mass is 10.0. The molecule has 0 spiro atoms. The van der Waals surface area contributed by atoms with Crippen LogP contribution >= 0.6 is 0 Å². The van der Waals surface area contributed by atoms with Gasteiger partial charge in [-0.1, -0.05) is 275 Å². The number of aliphatic hydroxyl groups excluding tert-OH is 2. The molecule has 0 aliphatic heterocycles. The van der Waals surface area contributed by atoms with Crippen molar-refractivity contribution in [1.29, 1.82) is 0 Å². The normalized spacial score (nSPS) is 12.8. The van der Waals surface area contributed by atoms with Gasteiger partial charge in [0.25, 0.3) is 0 Å². The maximum atomic E-state index is 12.5. The van der Waals surface area contributed by atoms with Gasteiger partial charge in [-0.25, -0.2) is 0 Å². The molecule has 67 heavy (non-hydrogen) atoms. The Balaban J connectivity index is 3.45. The summed E-state index contributed by atoms with van der Waals surface area (Å²) in [5, 5.41) is 23.1. The summed E-state index contributed by atoms with van der Waals surface area (Å²) in [6, 6.07) is -0.634. The van der Waals surface area contributed by atoms with Gasteiger partial charge in [0.15, 0.2) is 0 Å². The van der Waals surface area contributed by atoms with E-state index in [1.54, 1.807) is 6.08 Å². The highest BCUT2D eigenvalue weighted by Gasteiger charge is 2.18. The molecule has 6 heteroatoms. The molecule has 0 aromatic heterocycles. The fraction of sp³-hybridized carbons (Fsp3) is 0.869. The third-order valence-corrected chi connectivity index (χ3v) is 13.7. The van der Waals surface area contributed by atoms with Crippen LogP contribution in [0.3, 0.4) is 0 Å². The molecule has 0 aliphatic rings. The summed E-state index contributed by atoms with van der Waals surface area (Å²) in [6.07, 6.45) is 70.2. The number of rotatable bonds is 55. The lowest BCUT2D eigenvalue weighted by molar-refractivity contribution is -0.143. The van der Waals surface area contributed by atoms with E-state index in [0.717, 1.165) is 57.8 Å². The van der Waals surface area contributed by atoms with Crippen molar-refractivity contribution in [3.63, 3.8) is 0 Å². The Kier molecular flexibility index (Phi) is 55.0. The zero-order chi connectivity index (χ0) is 48.6. The van der Waals surface area contributed by atoms with Crippen molar-refractivity contribution in [2.24, 2.45) is 0 Å². The van der Waals surface area contributed by atoms with Crippen molar-refractivity contribution >= 4 is 11.9 Å². The van der Waals surface area contributed by atoms with E-state index < -0.39 is 12.1 Å². The van der Waals surface area contributed by atoms with Crippen molar-refractivity contribution in [1.82, 2.24) is 5.32 Å². The lowest BCUT2D eigenvalue weighted by Crippen LogP contribution is -2.45. The largest absolute Gasteiger partial charge is 0.466 e. The van der Waals surface area contributed by atoms with Crippen LogP contribution < -0.4 is 5.32 Å². The monoisotopic (exact) mass is 942 g/mol. The van der Waals surface area contributed by atoms with Crippen LogP contribution in [0, 0.1) is 0 Å². The minimum atomic E-state index is -0.850. The second kappa shape index (κ2) is 56.7. The van der Waals surface area contributed by atoms with Crippen molar-refractivity contribution in [3.8, 4) is 0 Å². The van der Waals surface area contributed by atoms with E-state index >= 15 is 0 Å². The van der Waals surface area contributed by atoms with Gasteiger partial charge < -0.3 is 20.3 Å². The molecule has 2 unspecified atom stereocenters. The number of nitrogens with one attached hydrogen (secondary N) is 1. The zero-order valence-electron chi connectivity index (χ0n) is 44.9. The first-order chi connectivity index (χ1) is 33.0. The molecule has 0 bridgehead atoms. The Morgan fingerprint density at radius 1 is 0.418 bits per heavy atom. The van der Waals surface area contributed by atoms with Crippen LogP contribution in [-0.4, -0.2) is 47.4 Å². The van der Waals surface area contributed by atoms with Gasteiger partial charge in [0.05, 0.1) is 25.4 Å². The Hall–Kier alpha value is -1.92. The van der Waals surface area contributed by atoms with Gasteiger partial charge in [-0.05, 0) is 64.2 Å². The summed E-state index contributed by atoms with van der Waals surface area (Å²) in [5.74, 6) is -0.0790. The topological polar surface area (TPSA) is 95.9 Å². The third kappa shape index (κ3) is 53.3. The lowest BCUT2D eigenvalue weighted by Gasteiger charge is -2.20. The highest BCUT2D eigenvalue weighted by atomic mass is 16.5. The molecule has 0 heterocycles. The van der Waals surface area contributed by atoms with Gasteiger partial charge in [-0.15, -0.1) is 0 Å². The van der Waals surface area contributed by atoms with E-state index in [1.807, 2.05) is 6.08 Å². The summed E-state index contributed by atoms with van der Waals surface area (Å²) in [6.45, 7) is 4.88. The molecule has 6 nitrogen and oxygen atoms in total. The van der Waals surface area contributed by atoms with Crippen molar-refractivity contribution in [2.75, 3.05) is 13.2 Å². The molecule has 0 aromatic rings. The second-order valence-corrected chi connectivity index (χ2v) is 20.3. The van der Waals surface area contributed by atoms with Gasteiger partial charge >= 0.3 is 5.97 Å². The van der Waals surface area contributed by atoms with Crippen LogP contribution in [0.25, 0.3) is 0 Å². The molecule has 0 fully saturated rings. The average Bonchev–Trinajstić information content (AvgIpc) is 3.33. The molecule has 0 saturated carbocycles. The first-order valence-electron chi connectivity index (χ1n) is 29.8. The number of ether oxygens (including phenoxy) is 1. The molecule has 394 valence electrons. The number of hydrogen-bond donors (Lipinski definition) is 3. The van der Waals surface area contributed by atoms with Gasteiger partial charge in [-0.2, -0.15) is 0 Å². The van der Waals surface area contributed by atoms with Crippen molar-refractivity contribution in [3.05, 3.63) is 36.5 Å². The van der Waals surface area contributed by atoms with Gasteiger partial charge in [0.2, 0.25) is 5.91 Å². The Morgan fingerprint density at radius 3 is 1.15 bits per heavy atom. The number of unbranched alkanes of at least 4 members (excludes halogenated alkanes) is 40. The Bertz CT molecular complexity index is 1090. The van der Waals surface area contributed by atoms with Crippen LogP contribution in [0.1, 0.15) is 316 Å². The van der Waals surface area contributed by atoms with E-state index in [0.29, 0.717) is 19.4 Å². The molecule has 0 radical (unpaired) electrons. The number of hydrogen-bond acceptors (Lipinski definition) is 5. The number of aliphatic hydroxyl groups is 2. The maximum Gasteiger partial charge on any atom is 0.305 e. The molecule has 3 N–H and O–H groups in total. The quantitative estimate of drug-likeness (QED) is 0.0321. The van der Waals surface area contributed by atoms with E-state index in [-0.39, 0.29) is 18.5 Å². The van der Waals surface area contributed by atoms with Crippen LogP contribution in [0.5, 0.6) is 0 Å². The number of amides is 1. The van der Waals surface area contributed by atoms with E-state index in [9.17, 15) is 19.8 Å². The SMILES string of the molecule is CCCCCC/C=C\C/C=C\CCCCCCCCCC(=O)OCCCCCCCCCCCCCCCCCCC(=O)NC(CO)C(O)/C=C/CCCCCCCCCCCCCCCC. The molecular formula is C61H115NO5. The summed E-state index contributed by atoms with van der Waals surface area (Å²) in [5.41, 5.74) is 0. The number of allylic oxidation sites excluding steroid dienone is 5. The van der Waals surface area contributed by atoms with Crippen LogP contribution in [0.15, 0.2) is 36.5 Å². The second-order valence-electron chi connectivity index (χ2n) is 20.3. The van der Waals surface area contributed by atoms with Crippen molar-refractivity contribution < 1.29 is 24.5 Å². The predicted octanol–water partition coefficient (Wildman–Crippen LogP) is 18.4. The molecule has 1 amide bonds. The fourth-order valence-corrected chi connectivity index (χ4v) is 9.08. The standard InChI is InChI=1S/C61H115NO5/c1-3-5-7-9-11-13-15-17-19-21-22-27-31-35-39-43-47-51-55-61(66)67-56-52-48-44-40-36-32-28-24-23-26-30-34-38-42-46-50-54-60(65)62-58(57-63)59(64)53-49-45-41-37-33-29-25-20-18-16-14-12-10-8-6-4-2/h13,15,19,21,49,53,58-59,63-64H,3-12,14,16-18,20,22-48,50-52,54-57H2,1-2H3,(H,62,65)/b15-13-,21-19-,53-49+. The predicted molar refractivity (Wildman–Crippen MR) is 292 cm³/mol. The van der Waals surface area contributed by atoms with Crippen LogP contribution in [0.4, 0.5) is 0 Å². The number of carbonyl (C=O) groups excluding carboxylic acids is 2. The van der Waals surface area contributed by atoms with Gasteiger partial charge in [-0.3, -0.25) is 9.59 Å². The summed E-state index contributed by atoms with van der Waals surface area (Å²) >= 11 is 0. The number of esters is 1. The third-order valence-electron chi connectivity index (χ3n) is 13.7. The first kappa shape index (κ1) is 65.1. The molecule has 0 rings (SSSR count). The molecule has 2 atom stereocenters. The van der Waals surface area contributed by atoms with Crippen LogP contribution in [0.2, 0.25) is 0 Å². The minimum absolute atomic E-state index is 0.00513. The molecule has 0 aromatic carbocycles. The van der Waals surface area contributed by atoms with Gasteiger partial charge in [0, 0.05) is 12.8 Å². The van der Waals surface area contributed by atoms with Crippen molar-refractivity contribution in [2.45, 2.75) is 328 Å². The Morgan fingerprint density at radius 2 is 0.746 bits per heavy atom. The van der Waals surface area contributed by atoms with Crippen LogP contribution in [-0.2, 0) is 14.3 Å². The summed E-state index contributed by atoms with van der Waals surface area (Å²) in [7, 11) is 0. The summed E-state index contributed by atoms with van der Waals surface area (Å²) < 4.78 is 5.48. The molecule has 0 aliphatic carbocycles. The highest BCUT2D eigenvalue weighted by Crippen LogP contribution is 2.17. The molecule has 0 saturated heterocycles. The first-order valence-corrected chi connectivity index (χ1v) is 29.8. The smallest absolute Gasteiger partial charge is 0.305 e. The Labute approximate surface area is 417 Å². The summed E-state index contributed by atoms with van der Waals surface area (Å²) in [4.78, 5) is 24.5. The van der Waals surface area contributed by atoms with Gasteiger partial charge in [0.1, 0.15) is 0 Å². The fourth-order valence-electron chi connectivity index (χ4n) is 9.08. The maximum absolute atomic E-state index is 12.5. The van der Waals surface area contributed by atoms with E-state index in [2.05, 4.69) is 43.5 Å². The number of carbonyl (C=O) groups is 2. The van der Waals surface area contributed by atoms with E-state index in [4.69, 9.17) is 4.74 Å². The highest BCUT2D eigenvalue weighted by molar-refractivity contribution is 5.76.